The molecule has 0 aliphatic rings. The first-order valence-corrected chi connectivity index (χ1v) is 4.86. The predicted molar refractivity (Wildman–Crippen MR) is 56.4 cm³/mol. The number of carbonyl (C=O) groups excluding carboxylic acids is 1. The molecule has 0 saturated carbocycles. The summed E-state index contributed by atoms with van der Waals surface area (Å²) in [6.07, 6.45) is -0.682. The molecule has 0 radical (unpaired) electrons. The minimum Gasteiger partial charge on any atom is -0.378 e. The highest BCUT2D eigenvalue weighted by Crippen LogP contribution is 2.12. The van der Waals surface area contributed by atoms with Crippen molar-refractivity contribution in [3.8, 4) is 0 Å². The van der Waals surface area contributed by atoms with Crippen molar-refractivity contribution in [2.45, 2.75) is 33.9 Å². The number of nitrogens with one attached hydrogen (secondary N) is 2. The molecule has 3 N–H and O–H groups in total. The van der Waals surface area contributed by atoms with E-state index in [1.54, 1.807) is 0 Å². The maximum absolute atomic E-state index is 11.0. The second-order valence-corrected chi connectivity index (χ2v) is 3.98. The van der Waals surface area contributed by atoms with Crippen molar-refractivity contribution in [3.05, 3.63) is 0 Å². The van der Waals surface area contributed by atoms with Gasteiger partial charge in [-0.05, 0) is 18.8 Å². The molecule has 0 heterocycles. The Hall–Kier alpha value is -0.740. The van der Waals surface area contributed by atoms with Crippen molar-refractivity contribution < 1.29 is 9.90 Å². The molecule has 0 fully saturated rings. The summed E-state index contributed by atoms with van der Waals surface area (Å²) in [7, 11) is 0. The topological polar surface area (TPSA) is 73.2 Å². The molecule has 0 amide bonds. The summed E-state index contributed by atoms with van der Waals surface area (Å²) in [5.41, 5.74) is 0.0156. The first-order valence-electron chi connectivity index (χ1n) is 4.86. The maximum atomic E-state index is 11.0. The Balaban J connectivity index is 3.90. The van der Waals surface area contributed by atoms with E-state index in [1.165, 1.54) is 6.92 Å². The molecular formula is C10H20N2O2. The molecule has 0 bridgehead atoms. The van der Waals surface area contributed by atoms with Gasteiger partial charge in [-0.1, -0.05) is 20.8 Å². The third-order valence-electron chi connectivity index (χ3n) is 2.44. The van der Waals surface area contributed by atoms with Crippen LogP contribution in [0.5, 0.6) is 0 Å². The molecule has 2 atom stereocenters. The lowest BCUT2D eigenvalue weighted by molar-refractivity contribution is -0.113. The van der Waals surface area contributed by atoms with Crippen LogP contribution in [0, 0.1) is 17.2 Å². The summed E-state index contributed by atoms with van der Waals surface area (Å²) >= 11 is 0. The predicted octanol–water partition coefficient (Wildman–Crippen LogP) is 0.795. The van der Waals surface area contributed by atoms with Gasteiger partial charge < -0.3 is 10.5 Å². The van der Waals surface area contributed by atoms with Gasteiger partial charge in [0.25, 0.3) is 0 Å². The van der Waals surface area contributed by atoms with E-state index in [2.05, 4.69) is 5.32 Å². The number of carbonyl (C=O) groups is 1. The number of aliphatic hydroxyl groups excluding tert-OH is 1. The maximum Gasteiger partial charge on any atom is 0.189 e. The van der Waals surface area contributed by atoms with Crippen LogP contribution in [-0.2, 0) is 4.79 Å². The normalized spacial score (nSPS) is 15.3. The second kappa shape index (κ2) is 5.88. The molecule has 0 aromatic carbocycles. The molecule has 0 spiro atoms. The molecule has 0 aromatic rings. The fourth-order valence-electron chi connectivity index (χ4n) is 0.880. The smallest absolute Gasteiger partial charge is 0.189 e. The third kappa shape index (κ3) is 4.48. The number of rotatable bonds is 6. The van der Waals surface area contributed by atoms with Gasteiger partial charge in [-0.2, -0.15) is 0 Å². The van der Waals surface area contributed by atoms with Crippen LogP contribution in [0.25, 0.3) is 0 Å². The van der Waals surface area contributed by atoms with E-state index < -0.39 is 6.23 Å². The Labute approximate surface area is 85.2 Å². The third-order valence-corrected chi connectivity index (χ3v) is 2.44. The van der Waals surface area contributed by atoms with Crippen LogP contribution in [0.1, 0.15) is 27.7 Å². The van der Waals surface area contributed by atoms with Gasteiger partial charge in [-0.25, -0.2) is 0 Å². The molecule has 82 valence electrons. The molecule has 1 unspecified atom stereocenters. The summed E-state index contributed by atoms with van der Waals surface area (Å²) < 4.78 is 0. The molecular weight excluding hydrogens is 180 g/mol. The van der Waals surface area contributed by atoms with E-state index in [0.29, 0.717) is 5.92 Å². The zero-order valence-corrected chi connectivity index (χ0v) is 9.29. The van der Waals surface area contributed by atoms with Crippen molar-refractivity contribution in [1.29, 1.82) is 5.41 Å². The Kier molecular flexibility index (Phi) is 5.57. The highest BCUT2D eigenvalue weighted by molar-refractivity contribution is 6.38. The van der Waals surface area contributed by atoms with Gasteiger partial charge in [0.1, 0.15) is 6.23 Å². The lowest BCUT2D eigenvalue weighted by Crippen LogP contribution is -2.41. The first kappa shape index (κ1) is 13.3. The summed E-state index contributed by atoms with van der Waals surface area (Å²) in [6, 6.07) is 0. The molecule has 0 aliphatic carbocycles. The van der Waals surface area contributed by atoms with E-state index >= 15 is 0 Å². The fraction of sp³-hybridized carbons (Fsp3) is 0.800. The molecule has 0 aromatic heterocycles. The summed E-state index contributed by atoms with van der Waals surface area (Å²) in [5, 5.41) is 19.4. The van der Waals surface area contributed by atoms with Gasteiger partial charge in [0.05, 0.1) is 12.3 Å². The van der Waals surface area contributed by atoms with Crippen LogP contribution in [0.4, 0.5) is 0 Å². The SMILES string of the molecule is CC(=N)C(=O)CNC(O)[C@@H](C)C(C)C. The highest BCUT2D eigenvalue weighted by atomic mass is 16.3. The molecule has 0 saturated heterocycles. The van der Waals surface area contributed by atoms with Crippen LogP contribution in [0.2, 0.25) is 0 Å². The number of Topliss-reactive ketones (excluding diaryl/α,β-unsaturated/α-hetero) is 1. The lowest BCUT2D eigenvalue weighted by Gasteiger charge is -2.22. The Morgan fingerprint density at radius 2 is 1.93 bits per heavy atom. The zero-order chi connectivity index (χ0) is 11.3. The van der Waals surface area contributed by atoms with Crippen LogP contribution in [0.3, 0.4) is 0 Å². The van der Waals surface area contributed by atoms with Crippen LogP contribution < -0.4 is 5.32 Å². The average molecular weight is 200 g/mol. The largest absolute Gasteiger partial charge is 0.378 e. The monoisotopic (exact) mass is 200 g/mol. The summed E-state index contributed by atoms with van der Waals surface area (Å²) in [6.45, 7) is 7.43. The van der Waals surface area contributed by atoms with Crippen molar-refractivity contribution in [2.75, 3.05) is 6.54 Å². The summed E-state index contributed by atoms with van der Waals surface area (Å²) in [5.74, 6) is 0.169. The molecule has 0 rings (SSSR count). The van der Waals surface area contributed by atoms with Crippen molar-refractivity contribution in [1.82, 2.24) is 5.32 Å². The fourth-order valence-corrected chi connectivity index (χ4v) is 0.880. The Bertz CT molecular complexity index is 214. The van der Waals surface area contributed by atoms with E-state index in [-0.39, 0.29) is 24.0 Å². The highest BCUT2D eigenvalue weighted by Gasteiger charge is 2.17. The van der Waals surface area contributed by atoms with E-state index in [1.807, 2.05) is 20.8 Å². The van der Waals surface area contributed by atoms with Crippen LogP contribution in [0.15, 0.2) is 0 Å². The van der Waals surface area contributed by atoms with Crippen molar-refractivity contribution in [2.24, 2.45) is 11.8 Å². The molecule has 0 aliphatic heterocycles. The Morgan fingerprint density at radius 1 is 1.43 bits per heavy atom. The summed E-state index contributed by atoms with van der Waals surface area (Å²) in [4.78, 5) is 11.0. The van der Waals surface area contributed by atoms with Crippen molar-refractivity contribution >= 4 is 11.5 Å². The van der Waals surface area contributed by atoms with Gasteiger partial charge in [0.2, 0.25) is 0 Å². The van der Waals surface area contributed by atoms with E-state index in [4.69, 9.17) is 5.41 Å². The van der Waals surface area contributed by atoms with Gasteiger partial charge in [-0.3, -0.25) is 10.1 Å². The number of hydrogen-bond donors (Lipinski definition) is 3. The first-order chi connectivity index (χ1) is 6.36. The van der Waals surface area contributed by atoms with Crippen LogP contribution in [-0.4, -0.2) is 29.4 Å². The second-order valence-electron chi connectivity index (χ2n) is 3.98. The number of aliphatic hydroxyl groups is 1. The van der Waals surface area contributed by atoms with Gasteiger partial charge in [-0.15, -0.1) is 0 Å². The van der Waals surface area contributed by atoms with Gasteiger partial charge in [0, 0.05) is 0 Å². The molecule has 4 heteroatoms. The average Bonchev–Trinajstić information content (AvgIpc) is 2.11. The van der Waals surface area contributed by atoms with Crippen molar-refractivity contribution in [3.63, 3.8) is 0 Å². The van der Waals surface area contributed by atoms with E-state index in [9.17, 15) is 9.90 Å². The molecule has 4 nitrogen and oxygen atoms in total. The number of ketones is 1. The minimum absolute atomic E-state index is 0.0156. The zero-order valence-electron chi connectivity index (χ0n) is 9.29. The quantitative estimate of drug-likeness (QED) is 0.438. The minimum atomic E-state index is -0.682. The standard InChI is InChI=1S/C10H20N2O2/c1-6(2)7(3)10(14)12-5-9(13)8(4)11/h6-7,10-12,14H,5H2,1-4H3/t7-,10?/m0/s1. The van der Waals surface area contributed by atoms with Gasteiger partial charge >= 0.3 is 0 Å². The Morgan fingerprint density at radius 3 is 2.29 bits per heavy atom. The molecule has 14 heavy (non-hydrogen) atoms. The van der Waals surface area contributed by atoms with Crippen LogP contribution >= 0.6 is 0 Å². The van der Waals surface area contributed by atoms with E-state index in [0.717, 1.165) is 0 Å². The lowest BCUT2D eigenvalue weighted by atomic mass is 9.96. The van der Waals surface area contributed by atoms with Gasteiger partial charge in [0.15, 0.2) is 5.78 Å². The number of hydrogen-bond acceptors (Lipinski definition) is 4.